The number of benzene rings is 9. The standard InChI is InChI=1S/C53H33N3O2/c1-2-11-32(12-3-1)34-21-24-35(25-22-34)51-54-52(39-26-23-33-13-4-5-14-36(33)29-39)56-53(55-51)43-18-10-20-46-48(43)42-28-27-38(31-47(42)57-46)44-30-37-15-6-7-16-40(37)50-49(44)41-17-8-9-19-45(41)58-50/h1-31,53H,(H,54,55,56). The second kappa shape index (κ2) is 12.9. The largest absolute Gasteiger partial charge is 0.456 e. The molecule has 58 heavy (non-hydrogen) atoms. The highest BCUT2D eigenvalue weighted by Crippen LogP contribution is 2.43. The van der Waals surface area contributed by atoms with Gasteiger partial charge in [0.25, 0.3) is 0 Å². The lowest BCUT2D eigenvalue weighted by Gasteiger charge is -2.24. The fraction of sp³-hybridized carbons (Fsp3) is 0.0189. The zero-order valence-electron chi connectivity index (χ0n) is 31.2. The van der Waals surface area contributed by atoms with Crippen LogP contribution in [0.3, 0.4) is 0 Å². The van der Waals surface area contributed by atoms with E-state index in [-0.39, 0.29) is 0 Å². The normalized spacial score (nSPS) is 14.4. The van der Waals surface area contributed by atoms with Gasteiger partial charge in [-0.1, -0.05) is 152 Å². The van der Waals surface area contributed by atoms with Crippen molar-refractivity contribution < 1.29 is 8.83 Å². The Kier molecular flexibility index (Phi) is 7.23. The van der Waals surface area contributed by atoms with Gasteiger partial charge in [0.1, 0.15) is 34.3 Å². The van der Waals surface area contributed by atoms with Crippen LogP contribution in [0.15, 0.2) is 207 Å². The van der Waals surface area contributed by atoms with Gasteiger partial charge < -0.3 is 14.2 Å². The average Bonchev–Trinajstić information content (AvgIpc) is 3.88. The lowest BCUT2D eigenvalue weighted by Crippen LogP contribution is -2.33. The smallest absolute Gasteiger partial charge is 0.159 e. The quantitative estimate of drug-likeness (QED) is 0.191. The van der Waals surface area contributed by atoms with Crippen molar-refractivity contribution in [2.45, 2.75) is 6.17 Å². The minimum Gasteiger partial charge on any atom is -0.456 e. The molecule has 0 fully saturated rings. The second-order valence-electron chi connectivity index (χ2n) is 14.9. The summed E-state index contributed by atoms with van der Waals surface area (Å²) < 4.78 is 13.2. The summed E-state index contributed by atoms with van der Waals surface area (Å²) in [5.74, 6) is 1.44. The summed E-state index contributed by atoms with van der Waals surface area (Å²) in [5.41, 5.74) is 10.9. The van der Waals surface area contributed by atoms with E-state index in [0.717, 1.165) is 99.3 Å². The van der Waals surface area contributed by atoms with Crippen molar-refractivity contribution in [1.82, 2.24) is 5.32 Å². The highest BCUT2D eigenvalue weighted by molar-refractivity contribution is 6.22. The highest BCUT2D eigenvalue weighted by atomic mass is 16.3. The Morgan fingerprint density at radius 2 is 1.09 bits per heavy atom. The molecule has 1 unspecified atom stereocenters. The first-order valence-corrected chi connectivity index (χ1v) is 19.6. The number of furan rings is 2. The van der Waals surface area contributed by atoms with Gasteiger partial charge in [0, 0.05) is 43.6 Å². The molecule has 3 heterocycles. The Morgan fingerprint density at radius 1 is 0.414 bits per heavy atom. The lowest BCUT2D eigenvalue weighted by atomic mass is 9.94. The predicted octanol–water partition coefficient (Wildman–Crippen LogP) is 13.6. The van der Waals surface area contributed by atoms with Crippen LogP contribution < -0.4 is 5.32 Å². The molecule has 0 saturated heterocycles. The number of nitrogens with zero attached hydrogens (tertiary/aromatic N) is 2. The molecule has 0 bridgehead atoms. The van der Waals surface area contributed by atoms with E-state index in [1.807, 2.05) is 24.3 Å². The maximum absolute atomic E-state index is 6.71. The van der Waals surface area contributed by atoms with Crippen molar-refractivity contribution >= 4 is 77.1 Å². The van der Waals surface area contributed by atoms with Gasteiger partial charge in [0.15, 0.2) is 5.84 Å². The number of rotatable bonds is 5. The van der Waals surface area contributed by atoms with Gasteiger partial charge in [-0.2, -0.15) is 0 Å². The van der Waals surface area contributed by atoms with E-state index in [1.165, 1.54) is 10.9 Å². The first-order chi connectivity index (χ1) is 28.7. The zero-order valence-corrected chi connectivity index (χ0v) is 31.2. The van der Waals surface area contributed by atoms with Crippen molar-refractivity contribution in [3.05, 3.63) is 205 Å². The number of aliphatic imine (C=N–C) groups is 2. The molecule has 1 atom stereocenters. The SMILES string of the molecule is c1ccc(-c2ccc(C3=NC(c4ccc5ccccc5c4)=NC(c4cccc5oc6cc(-c7cc8ccccc8c8oc9ccccc9c78)ccc6c45)N3)cc2)cc1. The van der Waals surface area contributed by atoms with Crippen LogP contribution in [0.5, 0.6) is 0 Å². The van der Waals surface area contributed by atoms with Crippen LogP contribution in [-0.2, 0) is 0 Å². The molecule has 0 spiro atoms. The summed E-state index contributed by atoms with van der Waals surface area (Å²) in [5, 5.41) is 12.6. The van der Waals surface area contributed by atoms with Crippen molar-refractivity contribution in [1.29, 1.82) is 0 Å². The summed E-state index contributed by atoms with van der Waals surface area (Å²) in [7, 11) is 0. The molecule has 1 N–H and O–H groups in total. The van der Waals surface area contributed by atoms with Crippen LogP contribution in [0.25, 0.3) is 87.7 Å². The fourth-order valence-corrected chi connectivity index (χ4v) is 8.70. The molecule has 0 radical (unpaired) electrons. The van der Waals surface area contributed by atoms with E-state index in [0.29, 0.717) is 5.84 Å². The van der Waals surface area contributed by atoms with Crippen LogP contribution in [0.2, 0.25) is 0 Å². The first-order valence-electron chi connectivity index (χ1n) is 19.6. The lowest BCUT2D eigenvalue weighted by molar-refractivity contribution is 0.662. The van der Waals surface area contributed by atoms with E-state index in [2.05, 4.69) is 169 Å². The number of amidine groups is 2. The number of para-hydroxylation sites is 1. The molecule has 272 valence electrons. The van der Waals surface area contributed by atoms with Gasteiger partial charge in [0.05, 0.1) is 0 Å². The number of hydrogen-bond donors (Lipinski definition) is 1. The number of nitrogens with one attached hydrogen (secondary N) is 1. The van der Waals surface area contributed by atoms with E-state index < -0.39 is 6.17 Å². The molecule has 0 saturated carbocycles. The van der Waals surface area contributed by atoms with E-state index >= 15 is 0 Å². The maximum atomic E-state index is 6.71. The van der Waals surface area contributed by atoms with Gasteiger partial charge in [-0.15, -0.1) is 0 Å². The van der Waals surface area contributed by atoms with Crippen LogP contribution in [0, 0.1) is 0 Å². The third-order valence-corrected chi connectivity index (χ3v) is 11.5. The maximum Gasteiger partial charge on any atom is 0.159 e. The molecule has 0 aliphatic carbocycles. The Balaban J connectivity index is 1.000. The number of hydrogen-bond acceptors (Lipinski definition) is 5. The first kappa shape index (κ1) is 32.5. The van der Waals surface area contributed by atoms with Crippen LogP contribution in [-0.4, -0.2) is 11.7 Å². The third-order valence-electron chi connectivity index (χ3n) is 11.5. The van der Waals surface area contributed by atoms with Gasteiger partial charge in [-0.05, 0) is 74.8 Å². The Hall–Kier alpha value is -7.76. The van der Waals surface area contributed by atoms with Crippen LogP contribution in [0.1, 0.15) is 22.9 Å². The molecule has 9 aromatic carbocycles. The van der Waals surface area contributed by atoms with Gasteiger partial charge >= 0.3 is 0 Å². The molecular weight excluding hydrogens is 711 g/mol. The van der Waals surface area contributed by atoms with Crippen molar-refractivity contribution in [2.75, 3.05) is 0 Å². The molecule has 2 aromatic heterocycles. The summed E-state index contributed by atoms with van der Waals surface area (Å²) in [6.45, 7) is 0. The van der Waals surface area contributed by atoms with Gasteiger partial charge in [-0.3, -0.25) is 0 Å². The van der Waals surface area contributed by atoms with E-state index in [1.54, 1.807) is 0 Å². The molecule has 1 aliphatic rings. The van der Waals surface area contributed by atoms with Crippen LogP contribution in [0.4, 0.5) is 0 Å². The minimum absolute atomic E-state index is 0.427. The predicted molar refractivity (Wildman–Crippen MR) is 239 cm³/mol. The molecule has 5 nitrogen and oxygen atoms in total. The second-order valence-corrected chi connectivity index (χ2v) is 14.9. The molecule has 1 aliphatic heterocycles. The van der Waals surface area contributed by atoms with Crippen molar-refractivity contribution in [2.24, 2.45) is 9.98 Å². The summed E-state index contributed by atoms with van der Waals surface area (Å²) in [6.07, 6.45) is -0.427. The molecule has 0 amide bonds. The van der Waals surface area contributed by atoms with Crippen molar-refractivity contribution in [3.63, 3.8) is 0 Å². The molecule has 11 aromatic rings. The zero-order chi connectivity index (χ0) is 38.2. The van der Waals surface area contributed by atoms with E-state index in [9.17, 15) is 0 Å². The van der Waals surface area contributed by atoms with Crippen molar-refractivity contribution in [3.8, 4) is 22.3 Å². The minimum atomic E-state index is -0.427. The van der Waals surface area contributed by atoms with Gasteiger partial charge in [-0.25, -0.2) is 9.98 Å². The molecular formula is C53H33N3O2. The third kappa shape index (κ3) is 5.25. The summed E-state index contributed by atoms with van der Waals surface area (Å²) in [6, 6.07) is 65.7. The fourth-order valence-electron chi connectivity index (χ4n) is 8.70. The average molecular weight is 744 g/mol. The summed E-state index contributed by atoms with van der Waals surface area (Å²) >= 11 is 0. The van der Waals surface area contributed by atoms with Crippen LogP contribution >= 0.6 is 0 Å². The Morgan fingerprint density at radius 3 is 1.97 bits per heavy atom. The Labute approximate surface area is 333 Å². The summed E-state index contributed by atoms with van der Waals surface area (Å²) in [4.78, 5) is 10.5. The number of fused-ring (bicyclic) bond motifs is 9. The Bertz CT molecular complexity index is 3480. The highest BCUT2D eigenvalue weighted by Gasteiger charge is 2.25. The van der Waals surface area contributed by atoms with E-state index in [4.69, 9.17) is 18.8 Å². The van der Waals surface area contributed by atoms with Gasteiger partial charge in [0.2, 0.25) is 0 Å². The molecule has 5 heteroatoms. The topological polar surface area (TPSA) is 63.0 Å². The molecule has 12 rings (SSSR count). The monoisotopic (exact) mass is 743 g/mol.